The summed E-state index contributed by atoms with van der Waals surface area (Å²) < 4.78 is 6.02. The zero-order valence-electron chi connectivity index (χ0n) is 19.9. The molecule has 1 atom stereocenters. The Morgan fingerprint density at radius 3 is 2.82 bits per heavy atom. The maximum Gasteiger partial charge on any atom is 0.290 e. The van der Waals surface area contributed by atoms with Crippen LogP contribution in [0, 0.1) is 13.8 Å². The summed E-state index contributed by atoms with van der Waals surface area (Å²) in [5.41, 5.74) is 4.29. The molecule has 0 saturated carbocycles. The lowest BCUT2D eigenvalue weighted by Gasteiger charge is -2.36. The second-order valence-corrected chi connectivity index (χ2v) is 9.76. The van der Waals surface area contributed by atoms with Crippen LogP contribution in [0.1, 0.15) is 77.9 Å². The fraction of sp³-hybridized carbons (Fsp3) is 0.500. The van der Waals surface area contributed by atoms with Crippen molar-refractivity contribution in [2.24, 2.45) is 0 Å². The molecule has 1 amide bonds. The van der Waals surface area contributed by atoms with E-state index in [0.29, 0.717) is 37.1 Å². The van der Waals surface area contributed by atoms with Gasteiger partial charge in [0.2, 0.25) is 0 Å². The molecule has 1 N–H and O–H groups in total. The fourth-order valence-electron chi connectivity index (χ4n) is 5.21. The topological polar surface area (TPSA) is 82.4 Å². The third-order valence-electron chi connectivity index (χ3n) is 7.22. The Morgan fingerprint density at radius 2 is 2.03 bits per heavy atom. The van der Waals surface area contributed by atoms with E-state index in [0.717, 1.165) is 59.2 Å². The number of H-pyrrole nitrogens is 1. The first kappa shape index (κ1) is 21.9. The van der Waals surface area contributed by atoms with E-state index in [-0.39, 0.29) is 17.5 Å². The maximum absolute atomic E-state index is 13.7. The van der Waals surface area contributed by atoms with Crippen LogP contribution in [0.4, 0.5) is 0 Å². The molecule has 1 unspecified atom stereocenters. The number of fused-ring (bicyclic) bond motifs is 2. The third kappa shape index (κ3) is 3.88. The van der Waals surface area contributed by atoms with Crippen molar-refractivity contribution in [2.75, 3.05) is 13.1 Å². The van der Waals surface area contributed by atoms with Crippen LogP contribution in [-0.4, -0.2) is 44.8 Å². The van der Waals surface area contributed by atoms with E-state index >= 15 is 0 Å². The van der Waals surface area contributed by atoms with Gasteiger partial charge in [-0.2, -0.15) is 0 Å². The van der Waals surface area contributed by atoms with E-state index in [1.165, 1.54) is 0 Å². The Balaban J connectivity index is 1.51. The average molecular weight is 449 g/mol. The molecule has 0 bridgehead atoms. The van der Waals surface area contributed by atoms with Gasteiger partial charge in [-0.25, -0.2) is 4.98 Å². The summed E-state index contributed by atoms with van der Waals surface area (Å²) in [4.78, 5) is 38.7. The first-order chi connectivity index (χ1) is 15.8. The fourth-order valence-corrected chi connectivity index (χ4v) is 5.21. The second-order valence-electron chi connectivity index (χ2n) is 9.76. The minimum Gasteiger partial charge on any atom is -0.451 e. The van der Waals surface area contributed by atoms with E-state index in [4.69, 9.17) is 9.40 Å². The van der Waals surface area contributed by atoms with E-state index in [1.807, 2.05) is 30.9 Å². The zero-order chi connectivity index (χ0) is 23.3. The highest BCUT2D eigenvalue weighted by atomic mass is 16.3. The zero-order valence-corrected chi connectivity index (χ0v) is 19.9. The highest BCUT2D eigenvalue weighted by Crippen LogP contribution is 2.34. The van der Waals surface area contributed by atoms with Crippen LogP contribution in [-0.2, 0) is 13.0 Å². The van der Waals surface area contributed by atoms with Crippen molar-refractivity contribution in [3.05, 3.63) is 62.5 Å². The van der Waals surface area contributed by atoms with Gasteiger partial charge in [0.05, 0.1) is 11.7 Å². The van der Waals surface area contributed by atoms with Crippen LogP contribution in [0.3, 0.4) is 0 Å². The van der Waals surface area contributed by atoms with E-state index in [1.54, 1.807) is 0 Å². The van der Waals surface area contributed by atoms with Gasteiger partial charge in [-0.15, -0.1) is 0 Å². The number of carbonyl (C=O) groups excluding carboxylic acids is 1. The number of hydrogen-bond donors (Lipinski definition) is 1. The van der Waals surface area contributed by atoms with Crippen molar-refractivity contribution in [1.82, 2.24) is 19.8 Å². The molecule has 1 saturated heterocycles. The van der Waals surface area contributed by atoms with Crippen molar-refractivity contribution < 1.29 is 9.21 Å². The molecule has 4 heterocycles. The van der Waals surface area contributed by atoms with Gasteiger partial charge >= 0.3 is 0 Å². The highest BCUT2D eigenvalue weighted by molar-refractivity contribution is 5.99. The number of aryl methyl sites for hydroxylation is 2. The number of piperidine rings is 1. The van der Waals surface area contributed by atoms with Crippen LogP contribution in [0.25, 0.3) is 11.0 Å². The molecule has 1 aromatic carbocycles. The largest absolute Gasteiger partial charge is 0.451 e. The molecule has 33 heavy (non-hydrogen) atoms. The number of carbonyl (C=O) groups is 1. The van der Waals surface area contributed by atoms with Gasteiger partial charge in [-0.1, -0.05) is 11.6 Å². The Kier molecular flexibility index (Phi) is 5.60. The van der Waals surface area contributed by atoms with Gasteiger partial charge < -0.3 is 14.3 Å². The van der Waals surface area contributed by atoms with Crippen LogP contribution in [0.5, 0.6) is 0 Å². The molecule has 1 fully saturated rings. The Morgan fingerprint density at radius 1 is 1.21 bits per heavy atom. The third-order valence-corrected chi connectivity index (χ3v) is 7.22. The lowest BCUT2D eigenvalue weighted by atomic mass is 9.99. The number of rotatable bonds is 3. The molecule has 5 rings (SSSR count). The summed E-state index contributed by atoms with van der Waals surface area (Å²) >= 11 is 0. The minimum absolute atomic E-state index is 0.0632. The molecule has 7 nitrogen and oxygen atoms in total. The van der Waals surface area contributed by atoms with Gasteiger partial charge in [0.1, 0.15) is 11.4 Å². The van der Waals surface area contributed by atoms with Crippen LogP contribution >= 0.6 is 0 Å². The minimum atomic E-state index is -0.256. The molecule has 0 aliphatic carbocycles. The molecule has 174 valence electrons. The molecule has 2 aromatic heterocycles. The van der Waals surface area contributed by atoms with Gasteiger partial charge in [0.25, 0.3) is 11.5 Å². The second kappa shape index (κ2) is 8.45. The van der Waals surface area contributed by atoms with Gasteiger partial charge in [-0.3, -0.25) is 14.5 Å². The molecular weight excluding hydrogens is 416 g/mol. The summed E-state index contributed by atoms with van der Waals surface area (Å²) in [5.74, 6) is 0.853. The monoisotopic (exact) mass is 448 g/mol. The summed E-state index contributed by atoms with van der Waals surface area (Å²) in [7, 11) is 0. The quantitative estimate of drug-likeness (QED) is 0.647. The van der Waals surface area contributed by atoms with E-state index < -0.39 is 0 Å². The number of aromatic amines is 1. The first-order valence-electron chi connectivity index (χ1n) is 12.0. The predicted molar refractivity (Wildman–Crippen MR) is 127 cm³/mol. The number of nitrogens with one attached hydrogen (secondary N) is 1. The summed E-state index contributed by atoms with van der Waals surface area (Å²) in [6.07, 6.45) is 3.41. The van der Waals surface area contributed by atoms with Gasteiger partial charge in [0, 0.05) is 42.2 Å². The number of aromatic nitrogens is 2. The lowest BCUT2D eigenvalue weighted by molar-refractivity contribution is 0.0567. The van der Waals surface area contributed by atoms with Crippen molar-refractivity contribution in [1.29, 1.82) is 0 Å². The summed E-state index contributed by atoms with van der Waals surface area (Å²) in [5, 5.41) is 0.973. The number of likely N-dealkylation sites (tertiary alicyclic amines) is 1. The number of furan rings is 1. The van der Waals surface area contributed by atoms with Crippen LogP contribution in [0.15, 0.2) is 27.4 Å². The average Bonchev–Trinajstić information content (AvgIpc) is 3.13. The van der Waals surface area contributed by atoms with Crippen LogP contribution < -0.4 is 5.56 Å². The Hall–Kier alpha value is -2.93. The Bertz CT molecular complexity index is 1270. The van der Waals surface area contributed by atoms with Crippen LogP contribution in [0.2, 0.25) is 0 Å². The summed E-state index contributed by atoms with van der Waals surface area (Å²) in [6.45, 7) is 10.5. The van der Waals surface area contributed by atoms with Gasteiger partial charge in [0.15, 0.2) is 5.76 Å². The lowest BCUT2D eigenvalue weighted by Crippen LogP contribution is -2.42. The molecule has 7 heteroatoms. The first-order valence-corrected chi connectivity index (χ1v) is 12.0. The van der Waals surface area contributed by atoms with Crippen molar-refractivity contribution >= 4 is 16.9 Å². The molecule has 0 radical (unpaired) electrons. The highest BCUT2D eigenvalue weighted by Gasteiger charge is 2.34. The van der Waals surface area contributed by atoms with Crippen molar-refractivity contribution in [2.45, 2.75) is 72.0 Å². The normalized spacial score (nSPS) is 19.3. The molecular formula is C26H32N4O3. The number of hydrogen-bond acceptors (Lipinski definition) is 5. The van der Waals surface area contributed by atoms with E-state index in [9.17, 15) is 9.59 Å². The SMILES string of the molecule is Cc1ccc2oc(C(=O)N3CCCCC3c3nc4c(c(=O)[nH]3)CCN(C(C)C)C4)c(C)c2c1. The number of nitrogens with zero attached hydrogens (tertiary/aromatic N) is 3. The summed E-state index contributed by atoms with van der Waals surface area (Å²) in [6, 6.07) is 6.11. The molecule has 2 aliphatic heterocycles. The molecule has 2 aliphatic rings. The van der Waals surface area contributed by atoms with Crippen molar-refractivity contribution in [3.8, 4) is 0 Å². The van der Waals surface area contributed by atoms with Crippen molar-refractivity contribution in [3.63, 3.8) is 0 Å². The maximum atomic E-state index is 13.7. The van der Waals surface area contributed by atoms with Gasteiger partial charge in [-0.05, 0) is 65.5 Å². The number of amides is 1. The smallest absolute Gasteiger partial charge is 0.290 e. The standard InChI is InChI=1S/C26H32N4O3/c1-15(2)29-12-10-18-20(14-29)27-24(28-25(18)31)21-7-5-6-11-30(21)26(32)23-17(4)19-13-16(3)8-9-22(19)33-23/h8-9,13,15,21H,5-7,10-12,14H2,1-4H3,(H,27,28,31). The Labute approximate surface area is 193 Å². The molecule has 3 aromatic rings. The molecule has 0 spiro atoms. The van der Waals surface area contributed by atoms with E-state index in [2.05, 4.69) is 29.8 Å². The number of benzene rings is 1. The predicted octanol–water partition coefficient (Wildman–Crippen LogP) is 4.27.